The number of morpholine rings is 1. The van der Waals surface area contributed by atoms with E-state index in [1.807, 2.05) is 6.92 Å². The average molecular weight is 451 g/mol. The summed E-state index contributed by atoms with van der Waals surface area (Å²) < 4.78 is 5.36. The van der Waals surface area contributed by atoms with Crippen LogP contribution >= 0.6 is 0 Å². The topological polar surface area (TPSA) is 113 Å². The summed E-state index contributed by atoms with van der Waals surface area (Å²) in [6, 6.07) is 11.9. The Kier molecular flexibility index (Phi) is 6.52. The van der Waals surface area contributed by atoms with Crippen molar-refractivity contribution in [3.63, 3.8) is 0 Å². The van der Waals surface area contributed by atoms with Crippen molar-refractivity contribution in [2.24, 2.45) is 0 Å². The Balaban J connectivity index is 1.77. The lowest BCUT2D eigenvalue weighted by Crippen LogP contribution is -2.42. The molecule has 9 nitrogen and oxygen atoms in total. The molecule has 2 saturated heterocycles. The Morgan fingerprint density at radius 1 is 1.12 bits per heavy atom. The van der Waals surface area contributed by atoms with E-state index in [1.165, 1.54) is 23.1 Å². The summed E-state index contributed by atoms with van der Waals surface area (Å²) in [6.07, 6.45) is 0. The number of hydrogen-bond acceptors (Lipinski definition) is 7. The highest BCUT2D eigenvalue weighted by atomic mass is 16.6. The van der Waals surface area contributed by atoms with Crippen molar-refractivity contribution in [2.45, 2.75) is 13.0 Å². The van der Waals surface area contributed by atoms with Gasteiger partial charge in [0.1, 0.15) is 5.76 Å². The molecule has 1 unspecified atom stereocenters. The fraction of sp³-hybridized carbons (Fsp3) is 0.333. The first kappa shape index (κ1) is 22.6. The van der Waals surface area contributed by atoms with E-state index >= 15 is 0 Å². The van der Waals surface area contributed by atoms with Gasteiger partial charge in [-0.05, 0) is 12.5 Å². The standard InChI is InChI=1S/C24H25N3O6/c1-16-5-7-17(8-6-16)22(28)20-21(18-3-2-4-19(15-18)27(31)32)26(24(30)23(20)29)10-9-25-11-13-33-14-12-25/h2-8,15,21,28H,9-14H2,1H3/b22-20+. The zero-order chi connectivity index (χ0) is 23.5. The van der Waals surface area contributed by atoms with Gasteiger partial charge in [0.05, 0.1) is 29.8 Å². The van der Waals surface area contributed by atoms with Gasteiger partial charge in [0, 0.05) is 43.9 Å². The molecule has 33 heavy (non-hydrogen) atoms. The summed E-state index contributed by atoms with van der Waals surface area (Å²) in [6.45, 7) is 5.29. The predicted molar refractivity (Wildman–Crippen MR) is 121 cm³/mol. The third-order valence-electron chi connectivity index (χ3n) is 6.02. The van der Waals surface area contributed by atoms with Gasteiger partial charge in [0.25, 0.3) is 17.4 Å². The van der Waals surface area contributed by atoms with Gasteiger partial charge in [0.2, 0.25) is 0 Å². The number of likely N-dealkylation sites (tertiary alicyclic amines) is 1. The van der Waals surface area contributed by atoms with Crippen LogP contribution in [0.4, 0.5) is 5.69 Å². The van der Waals surface area contributed by atoms with Gasteiger partial charge in [0.15, 0.2) is 0 Å². The second kappa shape index (κ2) is 9.51. The number of rotatable bonds is 6. The van der Waals surface area contributed by atoms with Crippen LogP contribution in [0.3, 0.4) is 0 Å². The molecular formula is C24H25N3O6. The van der Waals surface area contributed by atoms with Crippen LogP contribution in [-0.2, 0) is 14.3 Å². The lowest BCUT2D eigenvalue weighted by atomic mass is 9.94. The first-order valence-electron chi connectivity index (χ1n) is 10.8. The van der Waals surface area contributed by atoms with Crippen molar-refractivity contribution in [1.29, 1.82) is 0 Å². The SMILES string of the molecule is Cc1ccc(/C(O)=C2\C(=O)C(=O)N(CCN3CCOCC3)C2c2cccc([N+](=O)[O-])c2)cc1. The molecule has 0 bridgehead atoms. The maximum atomic E-state index is 13.1. The summed E-state index contributed by atoms with van der Waals surface area (Å²) in [5.41, 5.74) is 1.57. The number of amides is 1. The van der Waals surface area contributed by atoms with Crippen LogP contribution in [0.25, 0.3) is 5.76 Å². The van der Waals surface area contributed by atoms with Crippen LogP contribution in [0.1, 0.15) is 22.7 Å². The van der Waals surface area contributed by atoms with Crippen molar-refractivity contribution < 1.29 is 24.4 Å². The summed E-state index contributed by atoms with van der Waals surface area (Å²) in [5, 5.41) is 22.4. The zero-order valence-corrected chi connectivity index (χ0v) is 18.3. The first-order valence-corrected chi connectivity index (χ1v) is 10.8. The van der Waals surface area contributed by atoms with Crippen LogP contribution in [0.5, 0.6) is 0 Å². The first-order chi connectivity index (χ1) is 15.9. The lowest BCUT2D eigenvalue weighted by Gasteiger charge is -2.31. The summed E-state index contributed by atoms with van der Waals surface area (Å²) in [5.74, 6) is -1.82. The van der Waals surface area contributed by atoms with Gasteiger partial charge in [-0.3, -0.25) is 24.6 Å². The van der Waals surface area contributed by atoms with Crippen LogP contribution in [0, 0.1) is 17.0 Å². The molecule has 2 heterocycles. The number of aliphatic hydroxyl groups excluding tert-OH is 1. The monoisotopic (exact) mass is 451 g/mol. The minimum absolute atomic E-state index is 0.0636. The summed E-state index contributed by atoms with van der Waals surface area (Å²) >= 11 is 0. The van der Waals surface area contributed by atoms with Crippen LogP contribution in [0.15, 0.2) is 54.1 Å². The molecule has 2 aliphatic rings. The van der Waals surface area contributed by atoms with Crippen LogP contribution in [0.2, 0.25) is 0 Å². The van der Waals surface area contributed by atoms with Gasteiger partial charge in [-0.1, -0.05) is 42.0 Å². The number of nitro groups is 1. The molecule has 2 aromatic carbocycles. The Hall–Kier alpha value is -3.56. The van der Waals surface area contributed by atoms with Gasteiger partial charge in [-0.25, -0.2) is 0 Å². The summed E-state index contributed by atoms with van der Waals surface area (Å²) in [4.78, 5) is 40.5. The van der Waals surface area contributed by atoms with Crippen molar-refractivity contribution in [2.75, 3.05) is 39.4 Å². The summed E-state index contributed by atoms with van der Waals surface area (Å²) in [7, 11) is 0. The number of carbonyl (C=O) groups is 2. The smallest absolute Gasteiger partial charge is 0.295 e. The van der Waals surface area contributed by atoms with Crippen LogP contribution in [-0.4, -0.2) is 70.9 Å². The second-order valence-electron chi connectivity index (χ2n) is 8.16. The highest BCUT2D eigenvalue weighted by Gasteiger charge is 2.46. The number of aryl methyl sites for hydroxylation is 1. The molecule has 0 aliphatic carbocycles. The molecule has 0 aromatic heterocycles. The molecule has 2 aliphatic heterocycles. The molecule has 4 rings (SSSR count). The molecule has 2 aromatic rings. The molecule has 1 atom stereocenters. The fourth-order valence-corrected chi connectivity index (χ4v) is 4.21. The van der Waals surface area contributed by atoms with E-state index in [2.05, 4.69) is 4.90 Å². The number of hydrogen-bond donors (Lipinski definition) is 1. The third kappa shape index (κ3) is 4.64. The lowest BCUT2D eigenvalue weighted by molar-refractivity contribution is -0.384. The maximum absolute atomic E-state index is 13.1. The second-order valence-corrected chi connectivity index (χ2v) is 8.16. The maximum Gasteiger partial charge on any atom is 0.295 e. The van der Waals surface area contributed by atoms with Crippen molar-refractivity contribution in [3.8, 4) is 0 Å². The molecule has 1 N–H and O–H groups in total. The van der Waals surface area contributed by atoms with E-state index in [4.69, 9.17) is 4.74 Å². The Morgan fingerprint density at radius 3 is 2.48 bits per heavy atom. The third-order valence-corrected chi connectivity index (χ3v) is 6.02. The number of ketones is 1. The fourth-order valence-electron chi connectivity index (χ4n) is 4.21. The highest BCUT2D eigenvalue weighted by Crippen LogP contribution is 2.40. The molecule has 2 fully saturated rings. The largest absolute Gasteiger partial charge is 0.507 e. The van der Waals surface area contributed by atoms with Gasteiger partial charge in [-0.2, -0.15) is 0 Å². The van der Waals surface area contributed by atoms with E-state index in [1.54, 1.807) is 30.3 Å². The number of ether oxygens (including phenoxy) is 1. The van der Waals surface area contributed by atoms with E-state index in [0.29, 0.717) is 30.9 Å². The number of benzene rings is 2. The number of nitro benzene ring substituents is 1. The minimum Gasteiger partial charge on any atom is -0.507 e. The number of carbonyl (C=O) groups excluding carboxylic acids is 2. The molecular weight excluding hydrogens is 426 g/mol. The molecule has 0 radical (unpaired) electrons. The van der Waals surface area contributed by atoms with Crippen LogP contribution < -0.4 is 0 Å². The van der Waals surface area contributed by atoms with Crippen molar-refractivity contribution >= 4 is 23.1 Å². The average Bonchev–Trinajstić information content (AvgIpc) is 3.08. The quantitative estimate of drug-likeness (QED) is 0.236. The Labute approximate surface area is 191 Å². The predicted octanol–water partition coefficient (Wildman–Crippen LogP) is 2.66. The van der Waals surface area contributed by atoms with E-state index in [0.717, 1.165) is 18.7 Å². The Morgan fingerprint density at radius 2 is 1.82 bits per heavy atom. The van der Waals surface area contributed by atoms with Gasteiger partial charge >= 0.3 is 0 Å². The molecule has 0 spiro atoms. The minimum atomic E-state index is -0.924. The molecule has 9 heteroatoms. The molecule has 0 saturated carbocycles. The zero-order valence-electron chi connectivity index (χ0n) is 18.3. The highest BCUT2D eigenvalue weighted by molar-refractivity contribution is 6.46. The molecule has 172 valence electrons. The van der Waals surface area contributed by atoms with E-state index in [9.17, 15) is 24.8 Å². The van der Waals surface area contributed by atoms with E-state index in [-0.39, 0.29) is 23.6 Å². The Bertz CT molecular complexity index is 1110. The number of non-ortho nitro benzene ring substituents is 1. The van der Waals surface area contributed by atoms with Gasteiger partial charge < -0.3 is 14.7 Å². The van der Waals surface area contributed by atoms with E-state index < -0.39 is 22.7 Å². The van der Waals surface area contributed by atoms with Crippen molar-refractivity contribution in [3.05, 3.63) is 80.9 Å². The number of Topliss-reactive ketones (excluding diaryl/α,β-unsaturated/α-hetero) is 1. The molecule has 1 amide bonds. The number of aliphatic hydroxyl groups is 1. The normalized spacial score (nSPS) is 20.9. The van der Waals surface area contributed by atoms with Crippen molar-refractivity contribution in [1.82, 2.24) is 9.80 Å². The number of nitrogens with zero attached hydrogens (tertiary/aromatic N) is 3. The van der Waals surface area contributed by atoms with Gasteiger partial charge in [-0.15, -0.1) is 0 Å².